The molecule has 25 heavy (non-hydrogen) atoms. The van der Waals surface area contributed by atoms with E-state index in [0.29, 0.717) is 24.5 Å². The van der Waals surface area contributed by atoms with E-state index >= 15 is 0 Å². The zero-order chi connectivity index (χ0) is 17.8. The summed E-state index contributed by atoms with van der Waals surface area (Å²) in [6.07, 6.45) is 2.46. The Kier molecular flexibility index (Phi) is 4.83. The molecule has 0 aliphatic carbocycles. The quantitative estimate of drug-likeness (QED) is 0.646. The van der Waals surface area contributed by atoms with Crippen LogP contribution in [0.2, 0.25) is 0 Å². The number of carbonyl (C=O) groups is 1. The van der Waals surface area contributed by atoms with Crippen LogP contribution in [0.4, 0.5) is 10.2 Å². The van der Waals surface area contributed by atoms with Crippen molar-refractivity contribution in [2.45, 2.75) is 13.3 Å². The molecular formula is C18H18FN5O. The minimum atomic E-state index is -0.333. The molecule has 0 aliphatic heterocycles. The first-order valence-corrected chi connectivity index (χ1v) is 7.90. The fourth-order valence-corrected chi connectivity index (χ4v) is 2.54. The van der Waals surface area contributed by atoms with E-state index in [1.165, 1.54) is 19.1 Å². The molecule has 0 fully saturated rings. The van der Waals surface area contributed by atoms with Gasteiger partial charge in [0, 0.05) is 38.8 Å². The van der Waals surface area contributed by atoms with Gasteiger partial charge in [0.05, 0.1) is 5.69 Å². The van der Waals surface area contributed by atoms with Crippen LogP contribution in [0.5, 0.6) is 0 Å². The molecule has 0 saturated heterocycles. The molecule has 0 spiro atoms. The Morgan fingerprint density at radius 3 is 2.60 bits per heavy atom. The average molecular weight is 339 g/mol. The highest BCUT2D eigenvalue weighted by atomic mass is 19.1. The number of anilines is 1. The zero-order valence-electron chi connectivity index (χ0n) is 14.1. The van der Waals surface area contributed by atoms with E-state index < -0.39 is 0 Å². The van der Waals surface area contributed by atoms with E-state index in [1.807, 2.05) is 30.1 Å². The minimum absolute atomic E-state index is 0.173. The average Bonchev–Trinajstić information content (AvgIpc) is 3.06. The van der Waals surface area contributed by atoms with Gasteiger partial charge in [-0.1, -0.05) is 11.3 Å². The number of hydrogen-bond acceptors (Lipinski definition) is 5. The molecule has 0 bridgehead atoms. The highest BCUT2D eigenvalue weighted by molar-refractivity contribution is 5.97. The molecule has 0 saturated carbocycles. The first-order valence-electron chi connectivity index (χ1n) is 7.90. The molecule has 0 atom stereocenters. The van der Waals surface area contributed by atoms with E-state index in [9.17, 15) is 9.18 Å². The van der Waals surface area contributed by atoms with Crippen molar-refractivity contribution in [3.63, 3.8) is 0 Å². The second-order valence-corrected chi connectivity index (χ2v) is 5.70. The van der Waals surface area contributed by atoms with Gasteiger partial charge in [-0.25, -0.2) is 4.39 Å². The number of rotatable bonds is 6. The number of carbonyl (C=O) groups excluding carboxylic acids is 1. The standard InChI is InChI=1S/C18H18FN5O/c1-13(25)17-18(23(2)12-10-15-5-3-4-11-20-15)24(22-21-17)16-8-6-14(19)7-9-16/h3-9,11H,10,12H2,1-2H3. The molecule has 0 aliphatic rings. The number of Topliss-reactive ketones (excluding diaryl/α,β-unsaturated/α-hetero) is 1. The Hall–Kier alpha value is -3.09. The maximum atomic E-state index is 13.2. The summed E-state index contributed by atoms with van der Waals surface area (Å²) in [7, 11) is 1.87. The lowest BCUT2D eigenvalue weighted by molar-refractivity contribution is 0.101. The van der Waals surface area contributed by atoms with Crippen molar-refractivity contribution in [1.29, 1.82) is 0 Å². The molecule has 0 N–H and O–H groups in total. The Bertz CT molecular complexity index is 861. The fraction of sp³-hybridized carbons (Fsp3) is 0.222. The lowest BCUT2D eigenvalue weighted by Crippen LogP contribution is -2.25. The number of nitrogens with zero attached hydrogens (tertiary/aromatic N) is 5. The third-order valence-electron chi connectivity index (χ3n) is 3.84. The molecule has 0 amide bonds. The normalized spacial score (nSPS) is 10.7. The molecule has 6 nitrogen and oxygen atoms in total. The summed E-state index contributed by atoms with van der Waals surface area (Å²) in [5.41, 5.74) is 1.88. The van der Waals surface area contributed by atoms with Crippen LogP contribution >= 0.6 is 0 Å². The fourth-order valence-electron chi connectivity index (χ4n) is 2.54. The molecule has 7 heteroatoms. The predicted octanol–water partition coefficient (Wildman–Crippen LogP) is 2.68. The van der Waals surface area contributed by atoms with Gasteiger partial charge in [0.1, 0.15) is 5.82 Å². The maximum absolute atomic E-state index is 13.2. The Morgan fingerprint density at radius 1 is 1.20 bits per heavy atom. The predicted molar refractivity (Wildman–Crippen MR) is 92.5 cm³/mol. The van der Waals surface area contributed by atoms with Crippen LogP contribution < -0.4 is 4.90 Å². The van der Waals surface area contributed by atoms with Crippen molar-refractivity contribution in [3.8, 4) is 5.69 Å². The van der Waals surface area contributed by atoms with Crippen molar-refractivity contribution in [2.75, 3.05) is 18.5 Å². The van der Waals surface area contributed by atoms with E-state index in [-0.39, 0.29) is 17.3 Å². The molecule has 3 rings (SSSR count). The summed E-state index contributed by atoms with van der Waals surface area (Å²) in [6.45, 7) is 2.08. The van der Waals surface area contributed by atoms with Gasteiger partial charge < -0.3 is 4.90 Å². The molecular weight excluding hydrogens is 321 g/mol. The lowest BCUT2D eigenvalue weighted by Gasteiger charge is -2.20. The molecule has 0 unspecified atom stereocenters. The zero-order valence-corrected chi connectivity index (χ0v) is 14.1. The van der Waals surface area contributed by atoms with Crippen LogP contribution in [0.3, 0.4) is 0 Å². The number of pyridine rings is 1. The van der Waals surface area contributed by atoms with Gasteiger partial charge in [-0.15, -0.1) is 5.10 Å². The van der Waals surface area contributed by atoms with E-state index in [1.54, 1.807) is 23.0 Å². The van der Waals surface area contributed by atoms with Gasteiger partial charge in [-0.2, -0.15) is 4.68 Å². The van der Waals surface area contributed by atoms with Crippen LogP contribution in [0.15, 0.2) is 48.7 Å². The number of hydrogen-bond donors (Lipinski definition) is 0. The SMILES string of the molecule is CC(=O)c1nnn(-c2ccc(F)cc2)c1N(C)CCc1ccccn1. The summed E-state index contributed by atoms with van der Waals surface area (Å²) in [4.78, 5) is 18.1. The molecule has 128 valence electrons. The van der Waals surface area contributed by atoms with Gasteiger partial charge >= 0.3 is 0 Å². The van der Waals surface area contributed by atoms with Crippen molar-refractivity contribution >= 4 is 11.6 Å². The Labute approximate surface area is 144 Å². The maximum Gasteiger partial charge on any atom is 0.183 e. The topological polar surface area (TPSA) is 63.9 Å². The van der Waals surface area contributed by atoms with Crippen LogP contribution in [0.1, 0.15) is 23.1 Å². The number of halogens is 1. The van der Waals surface area contributed by atoms with Crippen LogP contribution in [0.25, 0.3) is 5.69 Å². The first kappa shape index (κ1) is 16.8. The van der Waals surface area contributed by atoms with Gasteiger partial charge in [0.25, 0.3) is 0 Å². The van der Waals surface area contributed by atoms with Gasteiger partial charge in [0.15, 0.2) is 17.3 Å². The van der Waals surface area contributed by atoms with Gasteiger partial charge in [-0.3, -0.25) is 9.78 Å². The van der Waals surface area contributed by atoms with Crippen molar-refractivity contribution in [1.82, 2.24) is 20.0 Å². The summed E-state index contributed by atoms with van der Waals surface area (Å²) in [5, 5.41) is 8.08. The summed E-state index contributed by atoms with van der Waals surface area (Å²) < 4.78 is 14.7. The number of ketones is 1. The minimum Gasteiger partial charge on any atom is -0.357 e. The molecule has 1 aromatic carbocycles. The number of aromatic nitrogens is 4. The molecule has 0 radical (unpaired) electrons. The first-order chi connectivity index (χ1) is 12.1. The number of benzene rings is 1. The number of likely N-dealkylation sites (N-methyl/N-ethyl adjacent to an activating group) is 1. The van der Waals surface area contributed by atoms with E-state index in [2.05, 4.69) is 15.3 Å². The smallest absolute Gasteiger partial charge is 0.183 e. The summed E-state index contributed by atoms with van der Waals surface area (Å²) >= 11 is 0. The molecule has 3 aromatic rings. The monoisotopic (exact) mass is 339 g/mol. The highest BCUT2D eigenvalue weighted by Gasteiger charge is 2.21. The van der Waals surface area contributed by atoms with E-state index in [4.69, 9.17) is 0 Å². The van der Waals surface area contributed by atoms with Crippen molar-refractivity contribution in [2.24, 2.45) is 0 Å². The Morgan fingerprint density at radius 2 is 1.96 bits per heavy atom. The van der Waals surface area contributed by atoms with Crippen LogP contribution in [-0.2, 0) is 6.42 Å². The Balaban J connectivity index is 1.91. The van der Waals surface area contributed by atoms with Gasteiger partial charge in [0.2, 0.25) is 0 Å². The highest BCUT2D eigenvalue weighted by Crippen LogP contribution is 2.22. The second kappa shape index (κ2) is 7.21. The van der Waals surface area contributed by atoms with Crippen molar-refractivity contribution in [3.05, 3.63) is 65.9 Å². The third-order valence-corrected chi connectivity index (χ3v) is 3.84. The van der Waals surface area contributed by atoms with Crippen LogP contribution in [0, 0.1) is 5.82 Å². The second-order valence-electron chi connectivity index (χ2n) is 5.70. The largest absolute Gasteiger partial charge is 0.357 e. The summed E-state index contributed by atoms with van der Waals surface area (Å²) in [5.74, 6) is 0.0730. The molecule has 2 aromatic heterocycles. The molecule has 2 heterocycles. The van der Waals surface area contributed by atoms with Gasteiger partial charge in [-0.05, 0) is 36.4 Å². The lowest BCUT2D eigenvalue weighted by atomic mass is 10.2. The summed E-state index contributed by atoms with van der Waals surface area (Å²) in [6, 6.07) is 11.7. The third kappa shape index (κ3) is 3.71. The van der Waals surface area contributed by atoms with Crippen molar-refractivity contribution < 1.29 is 9.18 Å². The van der Waals surface area contributed by atoms with E-state index in [0.717, 1.165) is 5.69 Å². The van der Waals surface area contributed by atoms with Crippen LogP contribution in [-0.4, -0.2) is 39.4 Å².